The number of hydrogen-bond acceptors (Lipinski definition) is 3. The maximum absolute atomic E-state index is 12.2. The summed E-state index contributed by atoms with van der Waals surface area (Å²) in [5.74, 6) is 0.261. The van der Waals surface area contributed by atoms with Crippen molar-refractivity contribution in [3.05, 3.63) is 22.4 Å². The predicted molar refractivity (Wildman–Crippen MR) is 71.1 cm³/mol. The third-order valence-electron chi connectivity index (χ3n) is 3.37. The monoisotopic (exact) mass is 252 g/mol. The molecule has 1 fully saturated rings. The molecule has 2 heterocycles. The van der Waals surface area contributed by atoms with Crippen LogP contribution in [0, 0.1) is 0 Å². The van der Waals surface area contributed by atoms with Crippen molar-refractivity contribution < 1.29 is 4.79 Å². The maximum Gasteiger partial charge on any atom is 0.240 e. The van der Waals surface area contributed by atoms with Crippen molar-refractivity contribution in [3.63, 3.8) is 0 Å². The van der Waals surface area contributed by atoms with Crippen LogP contribution in [0.5, 0.6) is 0 Å². The highest BCUT2D eigenvalue weighted by Crippen LogP contribution is 2.26. The summed E-state index contributed by atoms with van der Waals surface area (Å²) in [6.07, 6.45) is 2.01. The molecule has 1 aromatic heterocycles. The molecule has 0 aliphatic carbocycles. The number of rotatable bonds is 5. The summed E-state index contributed by atoms with van der Waals surface area (Å²) >= 11 is 1.69. The molecule has 17 heavy (non-hydrogen) atoms. The zero-order valence-corrected chi connectivity index (χ0v) is 11.3. The van der Waals surface area contributed by atoms with Crippen molar-refractivity contribution in [2.75, 3.05) is 13.1 Å². The highest BCUT2D eigenvalue weighted by atomic mass is 32.1. The van der Waals surface area contributed by atoms with Crippen molar-refractivity contribution in [3.8, 4) is 0 Å². The average molecular weight is 252 g/mol. The lowest BCUT2D eigenvalue weighted by molar-refractivity contribution is -0.131. The molecular formula is C13H20N2OS. The van der Waals surface area contributed by atoms with Crippen LogP contribution in [0.1, 0.15) is 38.3 Å². The van der Waals surface area contributed by atoms with Crippen LogP contribution in [0.25, 0.3) is 0 Å². The Bertz CT molecular complexity index is 364. The topological polar surface area (TPSA) is 32.3 Å². The van der Waals surface area contributed by atoms with Gasteiger partial charge in [-0.1, -0.05) is 6.92 Å². The number of nitrogens with one attached hydrogen (secondary N) is 1. The summed E-state index contributed by atoms with van der Waals surface area (Å²) in [6.45, 7) is 6.04. The minimum absolute atomic E-state index is 0.0380. The molecule has 1 saturated heterocycles. The van der Waals surface area contributed by atoms with Crippen LogP contribution >= 0.6 is 11.3 Å². The van der Waals surface area contributed by atoms with Crippen LogP contribution in [0.15, 0.2) is 16.8 Å². The molecule has 2 unspecified atom stereocenters. The second-order valence-electron chi connectivity index (χ2n) is 4.56. The zero-order valence-electron chi connectivity index (χ0n) is 10.5. The van der Waals surface area contributed by atoms with Crippen molar-refractivity contribution in [2.24, 2.45) is 0 Å². The smallest absolute Gasteiger partial charge is 0.240 e. The molecule has 2 atom stereocenters. The van der Waals surface area contributed by atoms with E-state index in [1.54, 1.807) is 11.3 Å². The fourth-order valence-electron chi connectivity index (χ4n) is 2.29. The van der Waals surface area contributed by atoms with E-state index in [1.165, 1.54) is 5.56 Å². The van der Waals surface area contributed by atoms with Gasteiger partial charge in [-0.3, -0.25) is 4.79 Å². The Morgan fingerprint density at radius 2 is 2.47 bits per heavy atom. The quantitative estimate of drug-likeness (QED) is 0.873. The summed E-state index contributed by atoms with van der Waals surface area (Å²) < 4.78 is 0. The molecule has 1 aliphatic rings. The van der Waals surface area contributed by atoms with Gasteiger partial charge in [0.05, 0.1) is 12.1 Å². The summed E-state index contributed by atoms with van der Waals surface area (Å²) in [5, 5.41) is 7.52. The molecule has 0 radical (unpaired) electrons. The van der Waals surface area contributed by atoms with Crippen molar-refractivity contribution in [2.45, 2.75) is 38.8 Å². The van der Waals surface area contributed by atoms with Gasteiger partial charge in [0, 0.05) is 6.54 Å². The first-order chi connectivity index (χ1) is 8.24. The number of amides is 1. The Kier molecular flexibility index (Phi) is 4.18. The lowest BCUT2D eigenvalue weighted by Gasteiger charge is -2.24. The molecule has 1 N–H and O–H groups in total. The van der Waals surface area contributed by atoms with E-state index in [-0.39, 0.29) is 18.0 Å². The Balaban J connectivity index is 1.97. The van der Waals surface area contributed by atoms with Gasteiger partial charge < -0.3 is 10.2 Å². The molecular weight excluding hydrogens is 232 g/mol. The van der Waals surface area contributed by atoms with Gasteiger partial charge in [0.25, 0.3) is 0 Å². The molecule has 2 rings (SSSR count). The van der Waals surface area contributed by atoms with Gasteiger partial charge in [0.2, 0.25) is 5.91 Å². The Labute approximate surface area is 107 Å². The van der Waals surface area contributed by atoms with Crippen LogP contribution in [0.3, 0.4) is 0 Å². The second kappa shape index (κ2) is 5.65. The fourth-order valence-corrected chi connectivity index (χ4v) is 3.03. The van der Waals surface area contributed by atoms with Gasteiger partial charge in [0.1, 0.15) is 0 Å². The number of nitrogens with zero attached hydrogens (tertiary/aromatic N) is 1. The zero-order chi connectivity index (χ0) is 12.3. The number of carbonyl (C=O) groups is 1. The van der Waals surface area contributed by atoms with Crippen LogP contribution in [-0.2, 0) is 4.79 Å². The van der Waals surface area contributed by atoms with Crippen LogP contribution in [0.4, 0.5) is 0 Å². The first kappa shape index (κ1) is 12.6. The molecule has 1 aliphatic heterocycles. The Morgan fingerprint density at radius 3 is 3.12 bits per heavy atom. The standard InChI is InChI=1S/C13H20N2OS/c1-3-6-14-12-4-7-15(13(12)16)10(2)11-5-8-17-9-11/h5,8-10,12,14H,3-4,6-7H2,1-2H3. The van der Waals surface area contributed by atoms with Gasteiger partial charge in [-0.25, -0.2) is 0 Å². The second-order valence-corrected chi connectivity index (χ2v) is 5.34. The lowest BCUT2D eigenvalue weighted by atomic mass is 10.1. The number of carbonyl (C=O) groups excluding carboxylic acids is 1. The first-order valence-electron chi connectivity index (χ1n) is 6.30. The van der Waals surface area contributed by atoms with Gasteiger partial charge in [-0.2, -0.15) is 11.3 Å². The van der Waals surface area contributed by atoms with Crippen LogP contribution in [0.2, 0.25) is 0 Å². The summed E-state index contributed by atoms with van der Waals surface area (Å²) in [6, 6.07) is 2.35. The fraction of sp³-hybridized carbons (Fsp3) is 0.615. The third-order valence-corrected chi connectivity index (χ3v) is 4.08. The van der Waals surface area contributed by atoms with Crippen molar-refractivity contribution in [1.29, 1.82) is 0 Å². The van der Waals surface area contributed by atoms with E-state index in [1.807, 2.05) is 4.90 Å². The van der Waals surface area contributed by atoms with Crippen LogP contribution in [-0.4, -0.2) is 29.9 Å². The minimum Gasteiger partial charge on any atom is -0.334 e. The highest BCUT2D eigenvalue weighted by Gasteiger charge is 2.34. The van der Waals surface area contributed by atoms with Gasteiger partial charge in [-0.05, 0) is 48.7 Å². The van der Waals surface area contributed by atoms with E-state index in [0.29, 0.717) is 0 Å². The maximum atomic E-state index is 12.2. The van der Waals surface area contributed by atoms with Gasteiger partial charge >= 0.3 is 0 Å². The number of hydrogen-bond donors (Lipinski definition) is 1. The molecule has 94 valence electrons. The molecule has 1 amide bonds. The van der Waals surface area contributed by atoms with Crippen LogP contribution < -0.4 is 5.32 Å². The van der Waals surface area contributed by atoms with E-state index in [4.69, 9.17) is 0 Å². The third kappa shape index (κ3) is 2.69. The summed E-state index contributed by atoms with van der Waals surface area (Å²) in [7, 11) is 0. The largest absolute Gasteiger partial charge is 0.334 e. The predicted octanol–water partition coefficient (Wildman–Crippen LogP) is 2.41. The van der Waals surface area contributed by atoms with Gasteiger partial charge in [-0.15, -0.1) is 0 Å². The van der Waals surface area contributed by atoms with Crippen molar-refractivity contribution >= 4 is 17.2 Å². The summed E-state index contributed by atoms with van der Waals surface area (Å²) in [4.78, 5) is 14.2. The molecule has 0 spiro atoms. The molecule has 4 heteroatoms. The minimum atomic E-state index is 0.0380. The number of likely N-dealkylation sites (tertiary alicyclic amines) is 1. The SMILES string of the molecule is CCCNC1CCN(C(C)c2ccsc2)C1=O. The summed E-state index contributed by atoms with van der Waals surface area (Å²) in [5.41, 5.74) is 1.25. The van der Waals surface area contributed by atoms with E-state index in [2.05, 4.69) is 36.0 Å². The first-order valence-corrected chi connectivity index (χ1v) is 7.24. The normalized spacial score (nSPS) is 22.1. The van der Waals surface area contributed by atoms with E-state index in [0.717, 1.165) is 25.9 Å². The van der Waals surface area contributed by atoms with E-state index in [9.17, 15) is 4.79 Å². The van der Waals surface area contributed by atoms with Gasteiger partial charge in [0.15, 0.2) is 0 Å². The Hall–Kier alpha value is -0.870. The molecule has 1 aromatic rings. The average Bonchev–Trinajstić information content (AvgIpc) is 2.95. The van der Waals surface area contributed by atoms with Crippen molar-refractivity contribution in [1.82, 2.24) is 10.2 Å². The highest BCUT2D eigenvalue weighted by molar-refractivity contribution is 7.07. The lowest BCUT2D eigenvalue weighted by Crippen LogP contribution is -2.39. The molecule has 0 saturated carbocycles. The Morgan fingerprint density at radius 1 is 1.65 bits per heavy atom. The molecule has 3 nitrogen and oxygen atoms in total. The van der Waals surface area contributed by atoms with E-state index >= 15 is 0 Å². The van der Waals surface area contributed by atoms with E-state index < -0.39 is 0 Å². The molecule has 0 aromatic carbocycles. The number of thiophene rings is 1. The molecule has 0 bridgehead atoms.